The minimum atomic E-state index is -0.833. The van der Waals surface area contributed by atoms with Crippen molar-refractivity contribution in [3.63, 3.8) is 0 Å². The molecule has 0 aliphatic carbocycles. The Kier molecular flexibility index (Phi) is 25.0. The van der Waals surface area contributed by atoms with Crippen LogP contribution in [0.4, 0.5) is 0 Å². The number of rotatable bonds is 1. The van der Waals surface area contributed by atoms with E-state index >= 15 is 0 Å². The van der Waals surface area contributed by atoms with Crippen molar-refractivity contribution in [3.05, 3.63) is 0 Å². The molecular formula is C3H9CaO2P. The molecule has 0 amide bonds. The van der Waals surface area contributed by atoms with Crippen molar-refractivity contribution in [3.8, 4) is 0 Å². The van der Waals surface area contributed by atoms with E-state index in [1.165, 1.54) is 2.52 Å². The molecule has 0 aromatic heterocycles. The van der Waals surface area contributed by atoms with Gasteiger partial charge in [0.25, 0.3) is 0 Å². The second kappa shape index (κ2) is 15.7. The normalized spacial score (nSPS) is 6.14. The maximum atomic E-state index is 8.46. The summed E-state index contributed by atoms with van der Waals surface area (Å²) in [6, 6.07) is 0. The van der Waals surface area contributed by atoms with E-state index in [4.69, 9.17) is 9.46 Å². The van der Waals surface area contributed by atoms with Gasteiger partial charge in [-0.2, -0.15) is 0 Å². The summed E-state index contributed by atoms with van der Waals surface area (Å²) in [7, 11) is -0.833. The second-order valence-electron chi connectivity index (χ2n) is 1.08. The van der Waals surface area contributed by atoms with Gasteiger partial charge in [-0.25, -0.2) is 4.57 Å². The molecule has 40 valence electrons. The molecule has 0 bridgehead atoms. The fourth-order valence-corrected chi connectivity index (χ4v) is 0. The van der Waals surface area contributed by atoms with Crippen LogP contribution in [0, 0.1) is 0 Å². The third-order valence-corrected chi connectivity index (χ3v) is 2.06. The van der Waals surface area contributed by atoms with Crippen LogP contribution in [-0.4, -0.2) is 38.7 Å². The van der Waals surface area contributed by atoms with E-state index in [2.05, 4.69) is 9.94 Å². The zero-order chi connectivity index (χ0) is 6.12. The summed E-state index contributed by atoms with van der Waals surface area (Å²) in [6.45, 7) is 2.26. The van der Waals surface area contributed by atoms with Crippen LogP contribution in [0.15, 0.2) is 0 Å². The fraction of sp³-hybridized carbons (Fsp3) is 1.00. The number of hydrogen-bond donors (Lipinski definition) is 1. The first-order valence-corrected chi connectivity index (χ1v) is 6.83. The summed E-state index contributed by atoms with van der Waals surface area (Å²) in [4.78, 5) is 6.99. The Labute approximate surface area is 63.9 Å². The predicted molar refractivity (Wildman–Crippen MR) is 31.9 cm³/mol. The Hall–Kier alpha value is 1.32. The van der Waals surface area contributed by atoms with Crippen molar-refractivity contribution in [1.29, 1.82) is 0 Å². The van der Waals surface area contributed by atoms with Gasteiger partial charge < -0.3 is 4.89 Å². The molecule has 0 saturated carbocycles. The van der Waals surface area contributed by atoms with Crippen LogP contribution < -0.4 is 0 Å². The van der Waals surface area contributed by atoms with E-state index in [0.717, 1.165) is 0 Å². The van der Waals surface area contributed by atoms with Crippen molar-refractivity contribution < 1.29 is 9.46 Å². The number of hydrogen-bond acceptors (Lipinski definition) is 1. The minimum Gasteiger partial charge on any atom is -0.310 e. The summed E-state index contributed by atoms with van der Waals surface area (Å²) in [5.41, 5.74) is 0. The van der Waals surface area contributed by atoms with Gasteiger partial charge in [-0.1, -0.05) is 0 Å². The van der Waals surface area contributed by atoms with Gasteiger partial charge in [0, 0.05) is 0 Å². The maximum Gasteiger partial charge on any atom is 0.324 e. The molecular weight excluding hydrogens is 139 g/mol. The molecule has 0 unspecified atom stereocenters. The molecule has 0 atom stereocenters. The van der Waals surface area contributed by atoms with E-state index in [9.17, 15) is 0 Å². The second-order valence-corrected chi connectivity index (χ2v) is 4.37. The van der Waals surface area contributed by atoms with Crippen molar-refractivity contribution in [2.24, 2.45) is 0 Å². The van der Waals surface area contributed by atoms with Gasteiger partial charge in [-0.15, -0.1) is 0 Å². The van der Waals surface area contributed by atoms with Crippen molar-refractivity contribution >= 4 is 42.5 Å². The summed E-state index contributed by atoms with van der Waals surface area (Å²) in [5.74, 6) is 0. The summed E-state index contributed by atoms with van der Waals surface area (Å²) in [6.07, 6.45) is 0. The largest absolute Gasteiger partial charge is 0.324 e. The zero-order valence-corrected chi connectivity index (χ0v) is 7.82. The summed E-state index contributed by atoms with van der Waals surface area (Å²) >= 11 is 0.111. The van der Waals surface area contributed by atoms with Gasteiger partial charge in [0.15, 0.2) is 0 Å². The smallest absolute Gasteiger partial charge is 0.310 e. The molecule has 0 aliphatic heterocycles. The van der Waals surface area contributed by atoms with E-state index < -0.39 is 8.69 Å². The molecule has 4 heteroatoms. The molecule has 0 aromatic rings. The molecule has 0 spiro atoms. The average Bonchev–Trinajstić information content (AvgIpc) is 1.69. The molecule has 0 radical (unpaired) electrons. The summed E-state index contributed by atoms with van der Waals surface area (Å²) in [5, 5.41) is 0. The van der Waals surface area contributed by atoms with Gasteiger partial charge in [-0.05, 0) is 0 Å². The Bertz CT molecular complexity index is 32.1. The van der Waals surface area contributed by atoms with E-state index in [1.807, 2.05) is 0 Å². The topological polar surface area (TPSA) is 37.3 Å². The molecule has 0 rings (SSSR count). The van der Waals surface area contributed by atoms with E-state index in [0.29, 0.717) is 0 Å². The van der Waals surface area contributed by atoms with Crippen molar-refractivity contribution in [1.82, 2.24) is 0 Å². The van der Waals surface area contributed by atoms with Crippen molar-refractivity contribution in [2.45, 2.75) is 12.5 Å². The predicted octanol–water partition coefficient (Wildman–Crippen LogP) is 1.36. The van der Waals surface area contributed by atoms with Gasteiger partial charge >= 0.3 is 55.0 Å². The standard InChI is InChI=1S/C2H5.CH3.Ca.HO2P/c1-2;;;1-3-2/h1H2,2H3;1H3;;(H,1,2). The van der Waals surface area contributed by atoms with Gasteiger partial charge in [0.1, 0.15) is 0 Å². The quantitative estimate of drug-likeness (QED) is 0.450. The fourth-order valence-electron chi connectivity index (χ4n) is 0. The third-order valence-electron chi connectivity index (χ3n) is 0.500. The SMILES string of the molecule is C[CH2][Ca][CH3].O=PO. The molecule has 1 N–H and O–H groups in total. The van der Waals surface area contributed by atoms with Crippen LogP contribution in [0.1, 0.15) is 6.92 Å². The molecule has 0 saturated heterocycles. The average molecular weight is 148 g/mol. The Morgan fingerprint density at radius 2 is 2.00 bits per heavy atom. The first-order valence-electron chi connectivity index (χ1n) is 2.30. The molecule has 7 heavy (non-hydrogen) atoms. The Morgan fingerprint density at radius 1 is 1.86 bits per heavy atom. The van der Waals surface area contributed by atoms with Gasteiger partial charge in [-0.3, -0.25) is 0 Å². The van der Waals surface area contributed by atoms with Gasteiger partial charge in [0.2, 0.25) is 0 Å². The maximum absolute atomic E-state index is 8.46. The van der Waals surface area contributed by atoms with Crippen LogP contribution in [0.25, 0.3) is 0 Å². The van der Waals surface area contributed by atoms with E-state index in [-0.39, 0.29) is 33.8 Å². The molecule has 2 nitrogen and oxygen atoms in total. The molecule has 0 fully saturated rings. The minimum absolute atomic E-state index is 0.111. The van der Waals surface area contributed by atoms with Crippen LogP contribution in [-0.2, 0) is 4.57 Å². The molecule has 0 aliphatic rings. The van der Waals surface area contributed by atoms with Crippen molar-refractivity contribution in [2.75, 3.05) is 0 Å². The Morgan fingerprint density at radius 3 is 2.00 bits per heavy atom. The van der Waals surface area contributed by atoms with Crippen LogP contribution in [0.2, 0.25) is 5.54 Å². The first kappa shape index (κ1) is 11.2. The first-order chi connectivity index (χ1) is 3.33. The third kappa shape index (κ3) is 38.5. The monoisotopic (exact) mass is 148 g/mol. The van der Waals surface area contributed by atoms with Crippen LogP contribution >= 0.6 is 8.69 Å². The zero-order valence-electron chi connectivity index (χ0n) is 4.72. The summed E-state index contributed by atoms with van der Waals surface area (Å²) < 4.78 is 12.3. The van der Waals surface area contributed by atoms with E-state index in [1.54, 1.807) is 0 Å². The van der Waals surface area contributed by atoms with Gasteiger partial charge in [0.05, 0.1) is 0 Å². The van der Waals surface area contributed by atoms with Crippen LogP contribution in [0.3, 0.4) is 0 Å². The molecule has 0 heterocycles. The Balaban J connectivity index is 0. The van der Waals surface area contributed by atoms with Crippen LogP contribution in [0.5, 0.6) is 0 Å². The molecule has 0 aromatic carbocycles.